The van der Waals surface area contributed by atoms with Crippen LogP contribution in [-0.4, -0.2) is 59.3 Å². The lowest BCUT2D eigenvalue weighted by Crippen LogP contribution is -2.47. The second-order valence-electron chi connectivity index (χ2n) is 14.4. The van der Waals surface area contributed by atoms with Crippen molar-refractivity contribution < 1.29 is 34.1 Å². The molecule has 4 N–H and O–H groups in total. The monoisotopic (exact) mass is 783 g/mol. The average Bonchev–Trinajstić information content (AvgIpc) is 3.18. The van der Waals surface area contributed by atoms with Crippen molar-refractivity contribution in [1.29, 1.82) is 0 Å². The van der Waals surface area contributed by atoms with Crippen molar-refractivity contribution >= 4 is 23.8 Å². The van der Waals surface area contributed by atoms with Gasteiger partial charge in [-0.05, 0) is 103 Å². The summed E-state index contributed by atoms with van der Waals surface area (Å²) in [6, 6.07) is -1.39. The van der Waals surface area contributed by atoms with Gasteiger partial charge in [-0.3, -0.25) is 14.4 Å². The fraction of sp³-hybridized carbons (Fsp3) is 0.660. The molecule has 56 heavy (non-hydrogen) atoms. The van der Waals surface area contributed by atoms with Gasteiger partial charge in [0.15, 0.2) is 0 Å². The van der Waals surface area contributed by atoms with E-state index in [1.54, 1.807) is 0 Å². The number of amides is 2. The zero-order valence-electron chi connectivity index (χ0n) is 35.1. The third kappa shape index (κ3) is 37.2. The van der Waals surface area contributed by atoms with E-state index in [1.165, 1.54) is 19.3 Å². The molecule has 0 aliphatic carbocycles. The molecule has 0 rings (SSSR count). The highest BCUT2D eigenvalue weighted by Crippen LogP contribution is 2.18. The summed E-state index contributed by atoms with van der Waals surface area (Å²) in [5.41, 5.74) is 0. The van der Waals surface area contributed by atoms with Gasteiger partial charge in [-0.25, -0.2) is 4.79 Å². The Balaban J connectivity index is 4.46. The molecule has 2 atom stereocenters. The molecule has 0 aromatic rings. The summed E-state index contributed by atoms with van der Waals surface area (Å²) in [6.45, 7) is 3.29. The fourth-order valence-corrected chi connectivity index (χ4v) is 5.86. The zero-order valence-corrected chi connectivity index (χ0v) is 35.1. The molecule has 0 bridgehead atoms. The van der Waals surface area contributed by atoms with Gasteiger partial charge in [-0.2, -0.15) is 0 Å². The quantitative estimate of drug-likeness (QED) is 0.0277. The van der Waals surface area contributed by atoms with Crippen LogP contribution in [0.5, 0.6) is 0 Å². The highest BCUT2D eigenvalue weighted by atomic mass is 16.5. The van der Waals surface area contributed by atoms with Crippen LogP contribution in [0.3, 0.4) is 0 Å². The van der Waals surface area contributed by atoms with Gasteiger partial charge in [0.05, 0.1) is 13.2 Å². The largest absolute Gasteiger partial charge is 0.480 e. The number of aliphatic hydroxyl groups is 1. The molecule has 2 unspecified atom stereocenters. The molecule has 0 heterocycles. The van der Waals surface area contributed by atoms with Crippen LogP contribution in [-0.2, 0) is 23.9 Å². The molecule has 2 amide bonds. The van der Waals surface area contributed by atoms with Gasteiger partial charge in [0, 0.05) is 12.8 Å². The Kier molecular flexibility index (Phi) is 38.2. The summed E-state index contributed by atoms with van der Waals surface area (Å²) in [6.07, 6.45) is 50.6. The number of hydrogen-bond acceptors (Lipinski definition) is 6. The van der Waals surface area contributed by atoms with Crippen molar-refractivity contribution in [2.45, 2.75) is 187 Å². The Bertz CT molecular complexity index is 1170. The molecule has 9 nitrogen and oxygen atoms in total. The van der Waals surface area contributed by atoms with E-state index in [0.717, 1.165) is 122 Å². The maximum atomic E-state index is 12.8. The van der Waals surface area contributed by atoms with Gasteiger partial charge in [-0.15, -0.1) is 0 Å². The van der Waals surface area contributed by atoms with Crippen molar-refractivity contribution in [3.63, 3.8) is 0 Å². The lowest BCUT2D eigenvalue weighted by atomic mass is 10.0. The minimum atomic E-state index is -1.39. The van der Waals surface area contributed by atoms with E-state index in [-0.39, 0.29) is 30.9 Å². The topological polar surface area (TPSA) is 142 Å². The molecule has 0 saturated heterocycles. The van der Waals surface area contributed by atoms with E-state index in [1.807, 2.05) is 0 Å². The molecule has 0 saturated carbocycles. The summed E-state index contributed by atoms with van der Waals surface area (Å²) in [5.74, 6) is -2.35. The summed E-state index contributed by atoms with van der Waals surface area (Å²) < 4.78 is 6.00. The number of esters is 1. The Morgan fingerprint density at radius 1 is 0.554 bits per heavy atom. The number of carbonyl (C=O) groups excluding carboxylic acids is 3. The predicted octanol–water partition coefficient (Wildman–Crippen LogP) is 10.7. The molecule has 0 aromatic heterocycles. The molecule has 0 radical (unpaired) electrons. The van der Waals surface area contributed by atoms with Crippen LogP contribution in [0.1, 0.15) is 174 Å². The third-order valence-corrected chi connectivity index (χ3v) is 9.17. The Morgan fingerprint density at radius 3 is 1.57 bits per heavy atom. The number of carboxylic acids is 1. The molecular weight excluding hydrogens is 705 g/mol. The van der Waals surface area contributed by atoms with Crippen LogP contribution in [0.4, 0.5) is 0 Å². The number of aliphatic hydroxyl groups excluding tert-OH is 1. The number of rotatable bonds is 38. The maximum absolute atomic E-state index is 12.8. The summed E-state index contributed by atoms with van der Waals surface area (Å²) in [7, 11) is 0. The van der Waals surface area contributed by atoms with E-state index < -0.39 is 24.5 Å². The van der Waals surface area contributed by atoms with Crippen molar-refractivity contribution in [3.05, 3.63) is 72.9 Å². The number of unbranched alkanes of at least 4 members (excludes halogenated alkanes) is 12. The number of carboxylic acid groups (broad SMARTS) is 1. The first kappa shape index (κ1) is 52.3. The minimum absolute atomic E-state index is 0.0629. The van der Waals surface area contributed by atoms with Crippen molar-refractivity contribution in [3.8, 4) is 0 Å². The number of ether oxygens (including phenoxy) is 1. The van der Waals surface area contributed by atoms with Crippen LogP contribution in [0, 0.1) is 0 Å². The number of nitrogens with one attached hydrogen (secondary N) is 2. The van der Waals surface area contributed by atoms with Gasteiger partial charge in [0.2, 0.25) is 11.8 Å². The first-order valence-corrected chi connectivity index (χ1v) is 21.8. The zero-order chi connectivity index (χ0) is 41.2. The lowest BCUT2D eigenvalue weighted by Gasteiger charge is -2.18. The van der Waals surface area contributed by atoms with Gasteiger partial charge in [-0.1, -0.05) is 132 Å². The molecule has 0 aliphatic heterocycles. The molecule has 9 heteroatoms. The van der Waals surface area contributed by atoms with Crippen LogP contribution in [0.25, 0.3) is 0 Å². The van der Waals surface area contributed by atoms with Gasteiger partial charge < -0.3 is 25.6 Å². The van der Waals surface area contributed by atoms with Crippen LogP contribution < -0.4 is 10.6 Å². The second-order valence-corrected chi connectivity index (χ2v) is 14.4. The van der Waals surface area contributed by atoms with Crippen molar-refractivity contribution in [2.24, 2.45) is 0 Å². The lowest BCUT2D eigenvalue weighted by molar-refractivity contribution is -0.150. The van der Waals surface area contributed by atoms with E-state index in [2.05, 4.69) is 97.4 Å². The molecule has 0 aromatic carbocycles. The normalized spacial score (nSPS) is 13.2. The highest BCUT2D eigenvalue weighted by Gasteiger charge is 2.19. The van der Waals surface area contributed by atoms with Crippen molar-refractivity contribution in [1.82, 2.24) is 10.6 Å². The summed E-state index contributed by atoms with van der Waals surface area (Å²) in [4.78, 5) is 47.6. The molecule has 0 spiro atoms. The van der Waals surface area contributed by atoms with Crippen LogP contribution in [0.2, 0.25) is 0 Å². The number of hydrogen-bond donors (Lipinski definition) is 4. The predicted molar refractivity (Wildman–Crippen MR) is 231 cm³/mol. The highest BCUT2D eigenvalue weighted by molar-refractivity contribution is 5.87. The van der Waals surface area contributed by atoms with Crippen LogP contribution >= 0.6 is 0 Å². The minimum Gasteiger partial charge on any atom is -0.480 e. The Hall–Kier alpha value is -3.72. The molecular formula is C47H78N2O7. The molecule has 0 aliphatic rings. The standard InChI is InChI=1S/C47H78N2O7/c1-3-5-7-9-11-13-15-17-18-20-21-23-25-28-32-36-42(56-46(53)39-35-31-26-24-22-19-16-14-12-10-8-6-4-2)37-33-29-27-30-34-38-44(51)48-40-45(52)49-43(41-50)47(54)55/h5,7-8,10-11,13-14,16-18,21,23,42-43,50H,3-4,6,9,12,15,19-20,22,24-41H2,1-2H3,(H,48,51)(H,49,52)(H,54,55)/b7-5-,10-8-,13-11-,16-14-,18-17-,23-21-. The first-order valence-electron chi connectivity index (χ1n) is 21.8. The van der Waals surface area contributed by atoms with Crippen LogP contribution in [0.15, 0.2) is 72.9 Å². The SMILES string of the molecule is CC/C=C\C/C=C\C/C=C\C/C=C\CCCCC(CCCCCCCC(=O)NCC(=O)NC(CO)C(=O)O)OC(=O)CCCCCCC/C=C\C/C=C\CCC. The Morgan fingerprint density at radius 2 is 1.02 bits per heavy atom. The summed E-state index contributed by atoms with van der Waals surface area (Å²) in [5, 5.41) is 22.6. The Labute approximate surface area is 340 Å². The molecule has 318 valence electrons. The number of carbonyl (C=O) groups is 4. The maximum Gasteiger partial charge on any atom is 0.328 e. The summed E-state index contributed by atoms with van der Waals surface area (Å²) >= 11 is 0. The molecule has 0 fully saturated rings. The smallest absolute Gasteiger partial charge is 0.328 e. The van der Waals surface area contributed by atoms with E-state index in [0.29, 0.717) is 12.8 Å². The van der Waals surface area contributed by atoms with E-state index in [4.69, 9.17) is 14.9 Å². The van der Waals surface area contributed by atoms with E-state index >= 15 is 0 Å². The van der Waals surface area contributed by atoms with E-state index in [9.17, 15) is 19.2 Å². The van der Waals surface area contributed by atoms with Gasteiger partial charge in [0.25, 0.3) is 0 Å². The third-order valence-electron chi connectivity index (χ3n) is 9.17. The first-order chi connectivity index (χ1) is 27.3. The van der Waals surface area contributed by atoms with Crippen molar-refractivity contribution in [2.75, 3.05) is 13.2 Å². The van der Waals surface area contributed by atoms with Gasteiger partial charge >= 0.3 is 11.9 Å². The van der Waals surface area contributed by atoms with Gasteiger partial charge in [0.1, 0.15) is 12.1 Å². The average molecular weight is 783 g/mol. The number of allylic oxidation sites excluding steroid dienone is 12. The number of aliphatic carboxylic acids is 1. The second kappa shape index (κ2) is 40.9. The fourth-order valence-electron chi connectivity index (χ4n) is 5.86.